The minimum absolute atomic E-state index is 0.168. The van der Waals surface area contributed by atoms with Gasteiger partial charge in [-0.15, -0.1) is 0 Å². The average molecular weight is 181 g/mol. The molecule has 1 N–H and O–H groups in total. The van der Waals surface area contributed by atoms with E-state index in [1.807, 2.05) is 13.0 Å². The van der Waals surface area contributed by atoms with E-state index in [2.05, 4.69) is 12.2 Å². The van der Waals surface area contributed by atoms with E-state index in [0.29, 0.717) is 0 Å². The quantitative estimate of drug-likeness (QED) is 0.702. The average Bonchev–Trinajstić information content (AvgIpc) is 2.03. The molecule has 0 atom stereocenters. The lowest BCUT2D eigenvalue weighted by atomic mass is 10.2. The molecule has 0 amide bonds. The first-order chi connectivity index (χ1) is 6.22. The zero-order valence-corrected chi connectivity index (χ0v) is 8.23. The van der Waals surface area contributed by atoms with E-state index in [0.717, 1.165) is 30.6 Å². The fourth-order valence-electron chi connectivity index (χ4n) is 1.25. The summed E-state index contributed by atoms with van der Waals surface area (Å²) in [4.78, 5) is 0. The van der Waals surface area contributed by atoms with Crippen LogP contribution in [0.25, 0.3) is 0 Å². The molecule has 0 saturated heterocycles. The van der Waals surface area contributed by atoms with Crippen molar-refractivity contribution in [2.75, 3.05) is 11.9 Å². The van der Waals surface area contributed by atoms with Gasteiger partial charge in [0.2, 0.25) is 0 Å². The van der Waals surface area contributed by atoms with Crippen molar-refractivity contribution < 1.29 is 4.39 Å². The standard InChI is InChI=1S/C11H16FN/c1-3-4-5-13-11-7-9(2)6-10(12)8-11/h6-8,13H,3-5H2,1-2H3. The molecular formula is C11H16FN. The van der Waals surface area contributed by atoms with Crippen LogP contribution >= 0.6 is 0 Å². The number of benzene rings is 1. The molecule has 1 rings (SSSR count). The van der Waals surface area contributed by atoms with Crippen LogP contribution in [0.4, 0.5) is 10.1 Å². The zero-order chi connectivity index (χ0) is 9.68. The van der Waals surface area contributed by atoms with Gasteiger partial charge in [-0.3, -0.25) is 0 Å². The van der Waals surface area contributed by atoms with Gasteiger partial charge in [-0.2, -0.15) is 0 Å². The summed E-state index contributed by atoms with van der Waals surface area (Å²) in [6.45, 7) is 4.95. The fourth-order valence-corrected chi connectivity index (χ4v) is 1.25. The Bertz CT molecular complexity index is 251. The van der Waals surface area contributed by atoms with Crippen molar-refractivity contribution in [2.45, 2.75) is 26.7 Å². The maximum Gasteiger partial charge on any atom is 0.125 e. The number of hydrogen-bond donors (Lipinski definition) is 1. The van der Waals surface area contributed by atoms with Gasteiger partial charge in [-0.05, 0) is 37.1 Å². The summed E-state index contributed by atoms with van der Waals surface area (Å²) in [5.41, 5.74) is 1.84. The highest BCUT2D eigenvalue weighted by atomic mass is 19.1. The Morgan fingerprint density at radius 2 is 2.08 bits per heavy atom. The van der Waals surface area contributed by atoms with Crippen LogP contribution in [0.3, 0.4) is 0 Å². The highest BCUT2D eigenvalue weighted by Crippen LogP contribution is 2.13. The van der Waals surface area contributed by atoms with E-state index in [1.165, 1.54) is 12.1 Å². The van der Waals surface area contributed by atoms with E-state index in [4.69, 9.17) is 0 Å². The lowest BCUT2D eigenvalue weighted by molar-refractivity contribution is 0.627. The summed E-state index contributed by atoms with van der Waals surface area (Å²) in [6.07, 6.45) is 2.27. The van der Waals surface area contributed by atoms with Crippen molar-refractivity contribution >= 4 is 5.69 Å². The van der Waals surface area contributed by atoms with Gasteiger partial charge in [0.1, 0.15) is 5.82 Å². The molecule has 72 valence electrons. The Morgan fingerprint density at radius 3 is 2.69 bits per heavy atom. The van der Waals surface area contributed by atoms with Gasteiger partial charge in [-0.1, -0.05) is 13.3 Å². The molecule has 2 heteroatoms. The molecule has 1 aromatic carbocycles. The number of rotatable bonds is 4. The molecule has 0 aliphatic rings. The van der Waals surface area contributed by atoms with Crippen LogP contribution in [0, 0.1) is 12.7 Å². The van der Waals surface area contributed by atoms with Crippen molar-refractivity contribution in [3.8, 4) is 0 Å². The van der Waals surface area contributed by atoms with Crippen molar-refractivity contribution in [2.24, 2.45) is 0 Å². The molecule has 0 heterocycles. The first-order valence-corrected chi connectivity index (χ1v) is 4.73. The van der Waals surface area contributed by atoms with Crippen molar-refractivity contribution in [1.82, 2.24) is 0 Å². The highest BCUT2D eigenvalue weighted by Gasteiger charge is 1.96. The van der Waals surface area contributed by atoms with Crippen LogP contribution in [0.1, 0.15) is 25.3 Å². The third-order valence-corrected chi connectivity index (χ3v) is 1.90. The van der Waals surface area contributed by atoms with Crippen LogP contribution < -0.4 is 5.32 Å². The SMILES string of the molecule is CCCCNc1cc(C)cc(F)c1. The number of unbranched alkanes of at least 4 members (excludes halogenated alkanes) is 1. The topological polar surface area (TPSA) is 12.0 Å². The molecule has 1 nitrogen and oxygen atoms in total. The van der Waals surface area contributed by atoms with Crippen LogP contribution in [-0.4, -0.2) is 6.54 Å². The third-order valence-electron chi connectivity index (χ3n) is 1.90. The van der Waals surface area contributed by atoms with Gasteiger partial charge in [0.05, 0.1) is 0 Å². The minimum Gasteiger partial charge on any atom is -0.385 e. The molecule has 0 saturated carbocycles. The molecule has 0 aliphatic heterocycles. The second kappa shape index (κ2) is 4.85. The zero-order valence-electron chi connectivity index (χ0n) is 8.23. The Balaban J connectivity index is 2.56. The molecule has 0 unspecified atom stereocenters. The van der Waals surface area contributed by atoms with Crippen molar-refractivity contribution in [1.29, 1.82) is 0 Å². The molecule has 0 fully saturated rings. The van der Waals surface area contributed by atoms with E-state index in [1.54, 1.807) is 0 Å². The second-order valence-electron chi connectivity index (χ2n) is 3.30. The predicted molar refractivity (Wildman–Crippen MR) is 54.5 cm³/mol. The first kappa shape index (κ1) is 10.0. The van der Waals surface area contributed by atoms with Crippen LogP contribution in [0.5, 0.6) is 0 Å². The molecule has 13 heavy (non-hydrogen) atoms. The molecular weight excluding hydrogens is 165 g/mol. The number of hydrogen-bond acceptors (Lipinski definition) is 1. The first-order valence-electron chi connectivity index (χ1n) is 4.73. The summed E-state index contributed by atoms with van der Waals surface area (Å²) in [5, 5.41) is 3.19. The Morgan fingerprint density at radius 1 is 1.31 bits per heavy atom. The number of nitrogens with one attached hydrogen (secondary N) is 1. The van der Waals surface area contributed by atoms with E-state index < -0.39 is 0 Å². The second-order valence-corrected chi connectivity index (χ2v) is 3.30. The summed E-state index contributed by atoms with van der Waals surface area (Å²) in [7, 11) is 0. The molecule has 1 aromatic rings. The third kappa shape index (κ3) is 3.45. The predicted octanol–water partition coefficient (Wildman–Crippen LogP) is 3.35. The Labute approximate surface area is 79.0 Å². The van der Waals surface area contributed by atoms with Gasteiger partial charge in [-0.25, -0.2) is 4.39 Å². The lowest BCUT2D eigenvalue weighted by Gasteiger charge is -2.06. The van der Waals surface area contributed by atoms with Crippen LogP contribution in [-0.2, 0) is 0 Å². The molecule has 0 spiro atoms. The summed E-state index contributed by atoms with van der Waals surface area (Å²) < 4.78 is 12.9. The lowest BCUT2D eigenvalue weighted by Crippen LogP contribution is -2.01. The normalized spacial score (nSPS) is 10.1. The molecule has 0 aliphatic carbocycles. The van der Waals surface area contributed by atoms with Gasteiger partial charge < -0.3 is 5.32 Å². The number of aryl methyl sites for hydroxylation is 1. The van der Waals surface area contributed by atoms with Gasteiger partial charge in [0.15, 0.2) is 0 Å². The fraction of sp³-hybridized carbons (Fsp3) is 0.455. The molecule has 0 aromatic heterocycles. The minimum atomic E-state index is -0.168. The molecule has 0 bridgehead atoms. The van der Waals surface area contributed by atoms with Gasteiger partial charge in [0, 0.05) is 12.2 Å². The van der Waals surface area contributed by atoms with Crippen molar-refractivity contribution in [3.05, 3.63) is 29.6 Å². The summed E-state index contributed by atoms with van der Waals surface area (Å²) >= 11 is 0. The Kier molecular flexibility index (Phi) is 3.74. The number of anilines is 1. The van der Waals surface area contributed by atoms with E-state index in [-0.39, 0.29) is 5.82 Å². The van der Waals surface area contributed by atoms with Crippen LogP contribution in [0.2, 0.25) is 0 Å². The maximum absolute atomic E-state index is 12.9. The molecule has 0 radical (unpaired) electrons. The van der Waals surface area contributed by atoms with E-state index in [9.17, 15) is 4.39 Å². The van der Waals surface area contributed by atoms with Crippen molar-refractivity contribution in [3.63, 3.8) is 0 Å². The Hall–Kier alpha value is -1.05. The highest BCUT2D eigenvalue weighted by molar-refractivity contribution is 5.45. The van der Waals surface area contributed by atoms with Gasteiger partial charge >= 0.3 is 0 Å². The summed E-state index contributed by atoms with van der Waals surface area (Å²) in [5.74, 6) is -0.168. The maximum atomic E-state index is 12.9. The smallest absolute Gasteiger partial charge is 0.125 e. The largest absolute Gasteiger partial charge is 0.385 e. The van der Waals surface area contributed by atoms with Gasteiger partial charge in [0.25, 0.3) is 0 Å². The number of halogens is 1. The van der Waals surface area contributed by atoms with E-state index >= 15 is 0 Å². The monoisotopic (exact) mass is 181 g/mol. The summed E-state index contributed by atoms with van der Waals surface area (Å²) in [6, 6.07) is 5.02. The van der Waals surface area contributed by atoms with Crippen LogP contribution in [0.15, 0.2) is 18.2 Å².